The third-order valence-corrected chi connectivity index (χ3v) is 4.39. The van der Waals surface area contributed by atoms with Crippen molar-refractivity contribution >= 4 is 49.7 Å². The van der Waals surface area contributed by atoms with Crippen molar-refractivity contribution in [3.8, 4) is 0 Å². The molecule has 0 fully saturated rings. The Morgan fingerprint density at radius 3 is 2.68 bits per heavy atom. The van der Waals surface area contributed by atoms with Crippen molar-refractivity contribution in [3.05, 3.63) is 63.7 Å². The van der Waals surface area contributed by atoms with Crippen molar-refractivity contribution in [2.45, 2.75) is 0 Å². The number of aromatic nitrogens is 2. The van der Waals surface area contributed by atoms with Gasteiger partial charge in [-0.1, -0.05) is 27.3 Å². The van der Waals surface area contributed by atoms with Crippen molar-refractivity contribution in [2.75, 3.05) is 11.1 Å². The largest absolute Gasteiger partial charge is 0.382 e. The molecule has 3 rings (SSSR count). The van der Waals surface area contributed by atoms with E-state index in [9.17, 15) is 4.79 Å². The SMILES string of the molecule is Nc1nc(Nc2ccc(Br)cc2)sc1C(=O)c1cccnc1. The van der Waals surface area contributed by atoms with Crippen LogP contribution in [0.4, 0.5) is 16.6 Å². The summed E-state index contributed by atoms with van der Waals surface area (Å²) < 4.78 is 0.990. The predicted molar refractivity (Wildman–Crippen MR) is 91.6 cm³/mol. The molecule has 0 aliphatic rings. The fourth-order valence-electron chi connectivity index (χ4n) is 1.83. The number of rotatable bonds is 4. The number of nitrogens with two attached hydrogens (primary N) is 1. The zero-order valence-corrected chi connectivity index (χ0v) is 13.7. The van der Waals surface area contributed by atoms with Crippen molar-refractivity contribution in [1.82, 2.24) is 9.97 Å². The highest BCUT2D eigenvalue weighted by atomic mass is 79.9. The first-order valence-electron chi connectivity index (χ1n) is 6.37. The van der Waals surface area contributed by atoms with Crippen LogP contribution >= 0.6 is 27.3 Å². The van der Waals surface area contributed by atoms with Gasteiger partial charge in [0, 0.05) is 28.1 Å². The zero-order chi connectivity index (χ0) is 15.5. The highest BCUT2D eigenvalue weighted by Crippen LogP contribution is 2.29. The molecular formula is C15H11BrN4OS. The number of hydrogen-bond acceptors (Lipinski definition) is 6. The van der Waals surface area contributed by atoms with E-state index in [2.05, 4.69) is 31.2 Å². The standard InChI is InChI=1S/C15H11BrN4OS/c16-10-3-5-11(6-4-10)19-15-20-14(17)13(22-15)12(21)9-2-1-7-18-8-9/h1-8H,17H2,(H,19,20). The fraction of sp³-hybridized carbons (Fsp3) is 0. The number of halogens is 1. The van der Waals surface area contributed by atoms with Gasteiger partial charge in [0.2, 0.25) is 5.78 Å². The number of benzene rings is 1. The number of ketones is 1. The summed E-state index contributed by atoms with van der Waals surface area (Å²) in [5.41, 5.74) is 7.23. The number of anilines is 3. The van der Waals surface area contributed by atoms with E-state index in [0.29, 0.717) is 15.6 Å². The molecule has 110 valence electrons. The summed E-state index contributed by atoms with van der Waals surface area (Å²) in [6.07, 6.45) is 3.14. The molecule has 0 bridgehead atoms. The Hall–Kier alpha value is -2.25. The summed E-state index contributed by atoms with van der Waals surface area (Å²) in [4.78, 5) is 21.0. The second kappa shape index (κ2) is 6.25. The molecule has 0 radical (unpaired) electrons. The average Bonchev–Trinajstić information content (AvgIpc) is 2.90. The van der Waals surface area contributed by atoms with Crippen molar-refractivity contribution in [1.29, 1.82) is 0 Å². The van der Waals surface area contributed by atoms with Crippen LogP contribution in [0.2, 0.25) is 0 Å². The molecular weight excluding hydrogens is 364 g/mol. The van der Waals surface area contributed by atoms with E-state index in [1.54, 1.807) is 18.3 Å². The maximum Gasteiger partial charge on any atom is 0.208 e. The number of nitrogens with zero attached hydrogens (tertiary/aromatic N) is 2. The third kappa shape index (κ3) is 3.15. The van der Waals surface area contributed by atoms with Gasteiger partial charge in [0.05, 0.1) is 0 Å². The van der Waals surface area contributed by atoms with Gasteiger partial charge in [0.25, 0.3) is 0 Å². The van der Waals surface area contributed by atoms with Gasteiger partial charge >= 0.3 is 0 Å². The third-order valence-electron chi connectivity index (χ3n) is 2.88. The van der Waals surface area contributed by atoms with Gasteiger partial charge in [-0.15, -0.1) is 0 Å². The Kier molecular flexibility index (Phi) is 4.17. The lowest BCUT2D eigenvalue weighted by Crippen LogP contribution is -2.02. The quantitative estimate of drug-likeness (QED) is 0.677. The molecule has 3 aromatic rings. The predicted octanol–water partition coefficient (Wildman–Crippen LogP) is 3.86. The summed E-state index contributed by atoms with van der Waals surface area (Å²) >= 11 is 4.61. The Morgan fingerprint density at radius 2 is 2.00 bits per heavy atom. The first-order chi connectivity index (χ1) is 10.6. The van der Waals surface area contributed by atoms with Gasteiger partial charge in [-0.3, -0.25) is 9.78 Å². The van der Waals surface area contributed by atoms with E-state index < -0.39 is 0 Å². The molecule has 0 saturated carbocycles. The first-order valence-corrected chi connectivity index (χ1v) is 7.98. The summed E-state index contributed by atoms with van der Waals surface area (Å²) in [5.74, 6) is 0.0467. The van der Waals surface area contributed by atoms with Crippen LogP contribution in [0.5, 0.6) is 0 Å². The molecule has 3 N–H and O–H groups in total. The average molecular weight is 375 g/mol. The lowest BCUT2D eigenvalue weighted by molar-refractivity contribution is 0.104. The highest BCUT2D eigenvalue weighted by Gasteiger charge is 2.18. The van der Waals surface area contributed by atoms with E-state index >= 15 is 0 Å². The molecule has 0 unspecified atom stereocenters. The lowest BCUT2D eigenvalue weighted by Gasteiger charge is -2.01. The van der Waals surface area contributed by atoms with Crippen LogP contribution in [-0.4, -0.2) is 15.8 Å². The topological polar surface area (TPSA) is 80.9 Å². The summed E-state index contributed by atoms with van der Waals surface area (Å²) in [5, 5.41) is 3.71. The van der Waals surface area contributed by atoms with Crippen LogP contribution in [0.25, 0.3) is 0 Å². The molecule has 0 spiro atoms. The van der Waals surface area contributed by atoms with Crippen LogP contribution in [0.1, 0.15) is 15.2 Å². The van der Waals surface area contributed by atoms with E-state index in [1.165, 1.54) is 17.5 Å². The number of carbonyl (C=O) groups excluding carboxylic acids is 1. The van der Waals surface area contributed by atoms with Gasteiger partial charge in [0.1, 0.15) is 10.7 Å². The van der Waals surface area contributed by atoms with Crippen LogP contribution in [-0.2, 0) is 0 Å². The molecule has 2 heterocycles. The molecule has 0 amide bonds. The first kappa shape index (κ1) is 14.7. The maximum absolute atomic E-state index is 12.4. The minimum absolute atomic E-state index is 0.174. The van der Waals surface area contributed by atoms with Gasteiger partial charge in [-0.05, 0) is 36.4 Å². The molecule has 0 atom stereocenters. The summed E-state index contributed by atoms with van der Waals surface area (Å²) in [7, 11) is 0. The summed E-state index contributed by atoms with van der Waals surface area (Å²) in [6.45, 7) is 0. The monoisotopic (exact) mass is 374 g/mol. The minimum atomic E-state index is -0.174. The lowest BCUT2D eigenvalue weighted by atomic mass is 10.2. The van der Waals surface area contributed by atoms with Gasteiger partial charge in [-0.2, -0.15) is 0 Å². The van der Waals surface area contributed by atoms with E-state index in [1.807, 2.05) is 24.3 Å². The number of thiazole rings is 1. The Bertz CT molecular complexity index is 802. The molecule has 0 aliphatic heterocycles. The molecule has 2 aromatic heterocycles. The normalized spacial score (nSPS) is 10.4. The second-order valence-corrected chi connectivity index (χ2v) is 6.35. The van der Waals surface area contributed by atoms with E-state index in [4.69, 9.17) is 5.73 Å². The minimum Gasteiger partial charge on any atom is -0.382 e. The maximum atomic E-state index is 12.4. The second-order valence-electron chi connectivity index (χ2n) is 4.44. The molecule has 22 heavy (non-hydrogen) atoms. The van der Waals surface area contributed by atoms with Crippen LogP contribution < -0.4 is 11.1 Å². The Balaban J connectivity index is 1.85. The van der Waals surface area contributed by atoms with Gasteiger partial charge in [-0.25, -0.2) is 4.98 Å². The molecule has 1 aromatic carbocycles. The number of nitrogen functional groups attached to an aromatic ring is 1. The molecule has 0 aliphatic carbocycles. The van der Waals surface area contributed by atoms with Crippen molar-refractivity contribution in [2.24, 2.45) is 0 Å². The molecule has 0 saturated heterocycles. The van der Waals surface area contributed by atoms with Gasteiger partial charge < -0.3 is 11.1 Å². The van der Waals surface area contributed by atoms with Gasteiger partial charge in [0.15, 0.2) is 5.13 Å². The van der Waals surface area contributed by atoms with Crippen LogP contribution in [0.15, 0.2) is 53.3 Å². The fourth-order valence-corrected chi connectivity index (χ4v) is 2.96. The van der Waals surface area contributed by atoms with Crippen LogP contribution in [0.3, 0.4) is 0 Å². The Morgan fingerprint density at radius 1 is 1.23 bits per heavy atom. The van der Waals surface area contributed by atoms with Crippen LogP contribution in [0, 0.1) is 0 Å². The number of hydrogen-bond donors (Lipinski definition) is 2. The zero-order valence-electron chi connectivity index (χ0n) is 11.3. The summed E-state index contributed by atoms with van der Waals surface area (Å²) in [6, 6.07) is 11.1. The van der Waals surface area contributed by atoms with Crippen molar-refractivity contribution < 1.29 is 4.79 Å². The Labute approximate surface area is 139 Å². The number of carbonyl (C=O) groups is 1. The smallest absolute Gasteiger partial charge is 0.208 e. The van der Waals surface area contributed by atoms with E-state index in [0.717, 1.165) is 10.2 Å². The van der Waals surface area contributed by atoms with E-state index in [-0.39, 0.29) is 11.6 Å². The van der Waals surface area contributed by atoms with Crippen molar-refractivity contribution in [3.63, 3.8) is 0 Å². The molecule has 5 nitrogen and oxygen atoms in total. The number of pyridine rings is 1. The molecule has 7 heteroatoms. The number of nitrogens with one attached hydrogen (secondary N) is 1. The highest BCUT2D eigenvalue weighted by molar-refractivity contribution is 9.10.